The molecule has 7 nitrogen and oxygen atoms in total. The molecule has 0 saturated heterocycles. The van der Waals surface area contributed by atoms with Crippen molar-refractivity contribution in [2.45, 2.75) is 26.0 Å². The minimum atomic E-state index is -2.09. The smallest absolute Gasteiger partial charge is 0.362 e. The molecule has 0 fully saturated rings. The first-order valence-corrected chi connectivity index (χ1v) is 6.17. The Labute approximate surface area is 115 Å². The Kier molecular flexibility index (Phi) is 3.80. The molecule has 1 unspecified atom stereocenters. The van der Waals surface area contributed by atoms with Crippen LogP contribution in [0.1, 0.15) is 30.6 Å². The van der Waals surface area contributed by atoms with Crippen molar-refractivity contribution in [3.63, 3.8) is 0 Å². The van der Waals surface area contributed by atoms with E-state index in [1.54, 1.807) is 19.9 Å². The number of pyridine rings is 1. The predicted molar refractivity (Wildman–Crippen MR) is 69.7 cm³/mol. The summed E-state index contributed by atoms with van der Waals surface area (Å²) in [5.74, 6) is -1.50. The molecule has 1 aromatic rings. The van der Waals surface area contributed by atoms with E-state index in [2.05, 4.69) is 10.1 Å². The fourth-order valence-corrected chi connectivity index (χ4v) is 1.95. The van der Waals surface area contributed by atoms with E-state index in [4.69, 9.17) is 4.74 Å². The molecule has 0 aromatic carbocycles. The summed E-state index contributed by atoms with van der Waals surface area (Å²) < 4.78 is 4.82. The average Bonchev–Trinajstić information content (AvgIpc) is 2.76. The van der Waals surface area contributed by atoms with E-state index < -0.39 is 17.6 Å². The van der Waals surface area contributed by atoms with Gasteiger partial charge in [-0.05, 0) is 26.0 Å². The molecular formula is C13H15N3O4. The first kappa shape index (κ1) is 14.1. The third kappa shape index (κ3) is 2.39. The quantitative estimate of drug-likeness (QED) is 0.815. The monoisotopic (exact) mass is 277 g/mol. The third-order valence-corrected chi connectivity index (χ3v) is 2.83. The van der Waals surface area contributed by atoms with Crippen LogP contribution in [0.25, 0.3) is 0 Å². The Hall–Kier alpha value is -2.28. The van der Waals surface area contributed by atoms with E-state index in [0.717, 1.165) is 5.01 Å². The lowest BCUT2D eigenvalue weighted by Gasteiger charge is -2.28. The van der Waals surface area contributed by atoms with Gasteiger partial charge in [-0.3, -0.25) is 9.78 Å². The number of hydrazone groups is 1. The molecule has 2 rings (SSSR count). The van der Waals surface area contributed by atoms with Crippen molar-refractivity contribution in [1.29, 1.82) is 0 Å². The van der Waals surface area contributed by atoms with Gasteiger partial charge >= 0.3 is 5.97 Å². The number of esters is 1. The molecule has 0 spiro atoms. The highest BCUT2D eigenvalue weighted by Gasteiger charge is 2.51. The van der Waals surface area contributed by atoms with Crippen LogP contribution < -0.4 is 0 Å². The van der Waals surface area contributed by atoms with Crippen LogP contribution in [0.2, 0.25) is 0 Å². The van der Waals surface area contributed by atoms with Gasteiger partial charge in [-0.2, -0.15) is 10.1 Å². The molecule has 0 aliphatic carbocycles. The number of nitrogens with zero attached hydrogens (tertiary/aromatic N) is 3. The van der Waals surface area contributed by atoms with Crippen molar-refractivity contribution >= 4 is 17.6 Å². The number of ether oxygens (including phenoxy) is 1. The summed E-state index contributed by atoms with van der Waals surface area (Å²) in [5.41, 5.74) is -1.39. The summed E-state index contributed by atoms with van der Waals surface area (Å²) in [6.45, 7) is 3.35. The largest absolute Gasteiger partial charge is 0.462 e. The van der Waals surface area contributed by atoms with Gasteiger partial charge < -0.3 is 9.84 Å². The van der Waals surface area contributed by atoms with Gasteiger partial charge in [-0.15, -0.1) is 0 Å². The summed E-state index contributed by atoms with van der Waals surface area (Å²) >= 11 is 0. The Morgan fingerprint density at radius 3 is 2.90 bits per heavy atom. The van der Waals surface area contributed by atoms with Crippen molar-refractivity contribution < 1.29 is 19.4 Å². The maximum absolute atomic E-state index is 12.3. The van der Waals surface area contributed by atoms with Gasteiger partial charge in [0, 0.05) is 24.5 Å². The maximum Gasteiger partial charge on any atom is 0.362 e. The van der Waals surface area contributed by atoms with E-state index in [1.807, 2.05) is 0 Å². The van der Waals surface area contributed by atoms with Gasteiger partial charge in [0.15, 0.2) is 0 Å². The predicted octanol–water partition coefficient (Wildman–Crippen LogP) is 0.555. The molecular weight excluding hydrogens is 262 g/mol. The molecule has 0 bridgehead atoms. The molecule has 1 atom stereocenters. The summed E-state index contributed by atoms with van der Waals surface area (Å²) in [6, 6.07) is 3.12. The van der Waals surface area contributed by atoms with Crippen molar-refractivity contribution in [2.24, 2.45) is 5.10 Å². The maximum atomic E-state index is 12.3. The fourth-order valence-electron chi connectivity index (χ4n) is 1.95. The fraction of sp³-hybridized carbons (Fsp3) is 0.385. The lowest BCUT2D eigenvalue weighted by Crippen LogP contribution is -2.53. The second-order valence-corrected chi connectivity index (χ2v) is 4.41. The lowest BCUT2D eigenvalue weighted by molar-refractivity contribution is -0.179. The highest BCUT2D eigenvalue weighted by atomic mass is 16.6. The molecule has 0 saturated carbocycles. The molecule has 7 heteroatoms. The number of carbonyl (C=O) groups is 2. The summed E-state index contributed by atoms with van der Waals surface area (Å²) in [4.78, 5) is 28.1. The van der Waals surface area contributed by atoms with Crippen LogP contribution in [0.5, 0.6) is 0 Å². The minimum absolute atomic E-state index is 0.0716. The van der Waals surface area contributed by atoms with E-state index in [0.29, 0.717) is 5.71 Å². The highest BCUT2D eigenvalue weighted by molar-refractivity contribution is 6.02. The van der Waals surface area contributed by atoms with Gasteiger partial charge in [0.05, 0.1) is 12.2 Å². The third-order valence-electron chi connectivity index (χ3n) is 2.83. The molecule has 0 radical (unpaired) electrons. The number of hydrogen-bond donors (Lipinski definition) is 1. The van der Waals surface area contributed by atoms with Gasteiger partial charge in [0.1, 0.15) is 0 Å². The number of aliphatic hydroxyl groups is 1. The van der Waals surface area contributed by atoms with Gasteiger partial charge in [-0.25, -0.2) is 4.79 Å². The zero-order valence-corrected chi connectivity index (χ0v) is 11.2. The number of amides is 1. The Bertz CT molecular complexity index is 558. The Morgan fingerprint density at radius 1 is 1.55 bits per heavy atom. The van der Waals surface area contributed by atoms with Gasteiger partial charge in [0.25, 0.3) is 11.6 Å². The van der Waals surface area contributed by atoms with Crippen LogP contribution >= 0.6 is 0 Å². The molecule has 1 aliphatic rings. The SMILES string of the molecule is CCOC(=O)C1(O)CC(C)=NN1C(=O)c1cccnc1. The van der Waals surface area contributed by atoms with E-state index in [1.165, 1.54) is 18.5 Å². The molecule has 1 aliphatic heterocycles. The summed E-state index contributed by atoms with van der Waals surface area (Å²) in [6.07, 6.45) is 2.79. The van der Waals surface area contributed by atoms with Crippen LogP contribution in [-0.4, -0.2) is 45.0 Å². The zero-order chi connectivity index (χ0) is 14.8. The lowest BCUT2D eigenvalue weighted by atomic mass is 10.1. The molecule has 2 heterocycles. The van der Waals surface area contributed by atoms with Crippen LogP contribution in [0.15, 0.2) is 29.6 Å². The standard InChI is InChI=1S/C13H15N3O4/c1-3-20-12(18)13(19)7-9(2)15-16(13)11(17)10-5-4-6-14-8-10/h4-6,8,19H,3,7H2,1-2H3. The van der Waals surface area contributed by atoms with Crippen LogP contribution in [-0.2, 0) is 9.53 Å². The van der Waals surface area contributed by atoms with Crippen molar-refractivity contribution in [3.05, 3.63) is 30.1 Å². The van der Waals surface area contributed by atoms with Gasteiger partial charge in [0.2, 0.25) is 0 Å². The topological polar surface area (TPSA) is 92.1 Å². The average molecular weight is 277 g/mol. The molecule has 106 valence electrons. The van der Waals surface area contributed by atoms with Crippen molar-refractivity contribution in [3.8, 4) is 0 Å². The summed E-state index contributed by atoms with van der Waals surface area (Å²) in [5, 5.41) is 15.2. The van der Waals surface area contributed by atoms with E-state index in [9.17, 15) is 14.7 Å². The van der Waals surface area contributed by atoms with Crippen molar-refractivity contribution in [2.75, 3.05) is 6.61 Å². The number of carbonyl (C=O) groups excluding carboxylic acids is 2. The van der Waals surface area contributed by atoms with E-state index in [-0.39, 0.29) is 18.6 Å². The molecule has 20 heavy (non-hydrogen) atoms. The zero-order valence-electron chi connectivity index (χ0n) is 11.2. The minimum Gasteiger partial charge on any atom is -0.462 e. The van der Waals surface area contributed by atoms with Crippen LogP contribution in [0.4, 0.5) is 0 Å². The van der Waals surface area contributed by atoms with Gasteiger partial charge in [-0.1, -0.05) is 0 Å². The van der Waals surface area contributed by atoms with E-state index >= 15 is 0 Å². The summed E-state index contributed by atoms with van der Waals surface area (Å²) in [7, 11) is 0. The Morgan fingerprint density at radius 2 is 2.30 bits per heavy atom. The normalized spacial score (nSPS) is 21.6. The number of rotatable bonds is 3. The highest BCUT2D eigenvalue weighted by Crippen LogP contribution is 2.28. The molecule has 1 amide bonds. The number of hydrogen-bond acceptors (Lipinski definition) is 6. The second-order valence-electron chi connectivity index (χ2n) is 4.41. The van der Waals surface area contributed by atoms with Crippen LogP contribution in [0.3, 0.4) is 0 Å². The molecule has 1 N–H and O–H groups in total. The second kappa shape index (κ2) is 5.38. The first-order chi connectivity index (χ1) is 9.49. The van der Waals surface area contributed by atoms with Crippen LogP contribution in [0, 0.1) is 0 Å². The molecule has 1 aromatic heterocycles. The number of aromatic nitrogens is 1. The Balaban J connectivity index is 2.32. The first-order valence-electron chi connectivity index (χ1n) is 6.17. The van der Waals surface area contributed by atoms with Crippen molar-refractivity contribution in [1.82, 2.24) is 9.99 Å².